The molecule has 0 rings (SSSR count). The molecule has 0 amide bonds. The van der Waals surface area contributed by atoms with Crippen molar-refractivity contribution in [1.82, 2.24) is 0 Å². The van der Waals surface area contributed by atoms with E-state index in [0.29, 0.717) is 0 Å². The zero-order chi connectivity index (χ0) is 19.5. The van der Waals surface area contributed by atoms with Crippen molar-refractivity contribution in [3.8, 4) is 0 Å². The van der Waals surface area contributed by atoms with E-state index in [1.807, 2.05) is 12.2 Å². The summed E-state index contributed by atoms with van der Waals surface area (Å²) in [4.78, 5) is 0. The van der Waals surface area contributed by atoms with Gasteiger partial charge in [0.25, 0.3) is 0 Å². The summed E-state index contributed by atoms with van der Waals surface area (Å²) in [7, 11) is 0. The first-order chi connectivity index (χ1) is 11.6. The van der Waals surface area contributed by atoms with Gasteiger partial charge in [0.2, 0.25) is 0 Å². The summed E-state index contributed by atoms with van der Waals surface area (Å²) < 4.78 is 0. The van der Waals surface area contributed by atoms with Crippen LogP contribution < -0.4 is 0 Å². The zero-order valence-corrected chi connectivity index (χ0v) is 18.6. The Morgan fingerprint density at radius 3 is 1.21 bits per heavy atom. The molecule has 1 unspecified atom stereocenters. The van der Waals surface area contributed by atoms with Crippen molar-refractivity contribution in [2.45, 2.75) is 126 Å². The molecule has 0 aromatic heterocycles. The van der Waals surface area contributed by atoms with Gasteiger partial charge >= 0.3 is 0 Å². The van der Waals surface area contributed by atoms with E-state index in [1.165, 1.54) is 64.2 Å². The smallest absolute Gasteiger partial charge is 0.0382 e. The van der Waals surface area contributed by atoms with Gasteiger partial charge in [-0.25, -0.2) is 0 Å². The average molecular weight is 341 g/mol. The first-order valence-corrected chi connectivity index (χ1v) is 10.8. The lowest BCUT2D eigenvalue weighted by atomic mass is 9.93. The van der Waals surface area contributed by atoms with Crippen molar-refractivity contribution < 1.29 is 0 Å². The fourth-order valence-electron chi connectivity index (χ4n) is 1.73. The Morgan fingerprint density at radius 1 is 0.583 bits per heavy atom. The van der Waals surface area contributed by atoms with Gasteiger partial charge < -0.3 is 0 Å². The highest BCUT2D eigenvalue weighted by molar-refractivity contribution is 4.60. The van der Waals surface area contributed by atoms with Gasteiger partial charge in [-0.05, 0) is 18.8 Å². The summed E-state index contributed by atoms with van der Waals surface area (Å²) in [5.74, 6) is 1.02. The molecule has 24 heavy (non-hydrogen) atoms. The van der Waals surface area contributed by atoms with E-state index >= 15 is 0 Å². The molecule has 0 aliphatic heterocycles. The molecule has 0 nitrogen and oxygen atoms in total. The molecule has 0 fully saturated rings. The lowest BCUT2D eigenvalue weighted by Gasteiger charge is -2.13. The van der Waals surface area contributed by atoms with Crippen molar-refractivity contribution in [3.05, 3.63) is 25.3 Å². The predicted molar refractivity (Wildman–Crippen MR) is 119 cm³/mol. The van der Waals surface area contributed by atoms with Crippen LogP contribution in [0.5, 0.6) is 0 Å². The second-order valence-electron chi connectivity index (χ2n) is 6.31. The van der Waals surface area contributed by atoms with Gasteiger partial charge in [-0.3, -0.25) is 0 Å². The van der Waals surface area contributed by atoms with Crippen molar-refractivity contribution >= 4 is 0 Å². The zero-order valence-electron chi connectivity index (χ0n) is 18.6. The standard InChI is InChI=1S/C12H26.C4H10.2C4H8/c1-4-7-9-11-12(6-3)10-8-5-2;3*1-3-4-2/h12H,4-11H2,1-3H3;3-4H2,1-2H3;2*3H,1,4H2,2H3. The SMILES string of the molecule is C=CCC.C=CCC.CCCC.CCCCCC(CC)CCCC. The molecular weight excluding hydrogens is 288 g/mol. The normalized spacial score (nSPS) is 9.96. The van der Waals surface area contributed by atoms with Gasteiger partial charge in [-0.1, -0.05) is 125 Å². The number of rotatable bonds is 11. The van der Waals surface area contributed by atoms with E-state index in [2.05, 4.69) is 61.6 Å². The van der Waals surface area contributed by atoms with E-state index in [0.717, 1.165) is 18.8 Å². The summed E-state index contributed by atoms with van der Waals surface area (Å²) in [5.41, 5.74) is 0. The minimum absolute atomic E-state index is 1.02. The van der Waals surface area contributed by atoms with E-state index < -0.39 is 0 Å². The van der Waals surface area contributed by atoms with Crippen LogP contribution in [0.2, 0.25) is 0 Å². The predicted octanol–water partition coefficient (Wildman–Crippen LogP) is 9.75. The molecule has 0 heterocycles. The Labute approximate surface area is 157 Å². The fraction of sp³-hybridized carbons (Fsp3) is 0.833. The first-order valence-electron chi connectivity index (χ1n) is 10.8. The van der Waals surface area contributed by atoms with Gasteiger partial charge in [0, 0.05) is 0 Å². The molecule has 0 spiro atoms. The molecular formula is C24H52. The summed E-state index contributed by atoms with van der Waals surface area (Å²) >= 11 is 0. The Morgan fingerprint density at radius 2 is 0.958 bits per heavy atom. The number of hydrogen-bond acceptors (Lipinski definition) is 0. The Bertz CT molecular complexity index is 170. The molecule has 0 aromatic rings. The highest BCUT2D eigenvalue weighted by Crippen LogP contribution is 2.19. The third-order valence-corrected chi connectivity index (χ3v) is 3.84. The van der Waals surface area contributed by atoms with Crippen molar-refractivity contribution in [1.29, 1.82) is 0 Å². The summed E-state index contributed by atoms with van der Waals surface area (Å²) in [6.07, 6.45) is 19.9. The quantitative estimate of drug-likeness (QED) is 0.259. The Balaban J connectivity index is -0.000000137. The summed E-state index contributed by atoms with van der Waals surface area (Å²) in [6, 6.07) is 0. The number of hydrogen-bond donors (Lipinski definition) is 0. The van der Waals surface area contributed by atoms with Gasteiger partial charge in [0.05, 0.1) is 0 Å². The van der Waals surface area contributed by atoms with Gasteiger partial charge in [0.15, 0.2) is 0 Å². The molecule has 0 aliphatic carbocycles. The van der Waals surface area contributed by atoms with Crippen LogP contribution >= 0.6 is 0 Å². The maximum atomic E-state index is 3.48. The van der Waals surface area contributed by atoms with Crippen LogP contribution in [0.4, 0.5) is 0 Å². The van der Waals surface area contributed by atoms with E-state index in [1.54, 1.807) is 0 Å². The molecule has 0 saturated carbocycles. The van der Waals surface area contributed by atoms with Crippen LogP contribution in [-0.4, -0.2) is 0 Å². The molecule has 0 bridgehead atoms. The number of allylic oxidation sites excluding steroid dienone is 2. The molecule has 0 N–H and O–H groups in total. The first kappa shape index (κ1) is 31.3. The molecule has 0 radical (unpaired) electrons. The van der Waals surface area contributed by atoms with Crippen molar-refractivity contribution in [2.75, 3.05) is 0 Å². The Kier molecular flexibility index (Phi) is 49.8. The second kappa shape index (κ2) is 38.2. The average Bonchev–Trinajstić information content (AvgIpc) is 2.65. The van der Waals surface area contributed by atoms with Gasteiger partial charge in [-0.15, -0.1) is 13.2 Å². The monoisotopic (exact) mass is 340 g/mol. The molecule has 0 aliphatic rings. The maximum Gasteiger partial charge on any atom is -0.0382 e. The lowest BCUT2D eigenvalue weighted by molar-refractivity contribution is 0.404. The number of unbranched alkanes of at least 4 members (excludes halogenated alkanes) is 4. The van der Waals surface area contributed by atoms with Gasteiger partial charge in [-0.2, -0.15) is 0 Å². The van der Waals surface area contributed by atoms with Crippen LogP contribution in [0.3, 0.4) is 0 Å². The molecule has 0 heteroatoms. The van der Waals surface area contributed by atoms with E-state index in [4.69, 9.17) is 0 Å². The highest BCUT2D eigenvalue weighted by Gasteiger charge is 2.04. The summed E-state index contributed by atoms with van der Waals surface area (Å²) in [6.45, 7) is 22.4. The fourth-order valence-corrected chi connectivity index (χ4v) is 1.73. The second-order valence-corrected chi connectivity index (χ2v) is 6.31. The van der Waals surface area contributed by atoms with Crippen LogP contribution in [0, 0.1) is 5.92 Å². The van der Waals surface area contributed by atoms with E-state index in [9.17, 15) is 0 Å². The van der Waals surface area contributed by atoms with Crippen molar-refractivity contribution in [2.24, 2.45) is 5.92 Å². The summed E-state index contributed by atoms with van der Waals surface area (Å²) in [5, 5.41) is 0. The molecule has 148 valence electrons. The van der Waals surface area contributed by atoms with Crippen LogP contribution in [0.1, 0.15) is 126 Å². The van der Waals surface area contributed by atoms with Crippen LogP contribution in [0.15, 0.2) is 25.3 Å². The van der Waals surface area contributed by atoms with E-state index in [-0.39, 0.29) is 0 Å². The molecule has 0 aromatic carbocycles. The Hall–Kier alpha value is -0.520. The van der Waals surface area contributed by atoms with Crippen LogP contribution in [0.25, 0.3) is 0 Å². The van der Waals surface area contributed by atoms with Crippen LogP contribution in [-0.2, 0) is 0 Å². The third kappa shape index (κ3) is 49.6. The maximum absolute atomic E-state index is 3.48. The highest BCUT2D eigenvalue weighted by atomic mass is 14.1. The lowest BCUT2D eigenvalue weighted by Crippen LogP contribution is -1.98. The molecule has 0 saturated heterocycles. The van der Waals surface area contributed by atoms with Gasteiger partial charge in [0.1, 0.15) is 0 Å². The third-order valence-electron chi connectivity index (χ3n) is 3.84. The minimum atomic E-state index is 1.02. The largest absolute Gasteiger partial charge is 0.103 e. The minimum Gasteiger partial charge on any atom is -0.103 e. The molecule has 1 atom stereocenters. The topological polar surface area (TPSA) is 0 Å². The van der Waals surface area contributed by atoms with Crippen molar-refractivity contribution in [3.63, 3.8) is 0 Å².